The molecule has 2 fully saturated rings. The third kappa shape index (κ3) is 4.49. The molecule has 0 spiro atoms. The summed E-state index contributed by atoms with van der Waals surface area (Å²) in [7, 11) is 0. The van der Waals surface area contributed by atoms with Gasteiger partial charge in [0.05, 0.1) is 11.5 Å². The Kier molecular flexibility index (Phi) is 6.03. The number of nitrogens with one attached hydrogen (secondary N) is 2. The second kappa shape index (κ2) is 8.44. The van der Waals surface area contributed by atoms with Crippen LogP contribution in [-0.2, 0) is 4.79 Å². The van der Waals surface area contributed by atoms with Crippen molar-refractivity contribution in [2.45, 2.75) is 31.9 Å². The number of halogens is 2. The summed E-state index contributed by atoms with van der Waals surface area (Å²) in [5.41, 5.74) is 0.0915. The van der Waals surface area contributed by atoms with Crippen LogP contribution in [0, 0.1) is 5.92 Å². The van der Waals surface area contributed by atoms with E-state index in [0.29, 0.717) is 19.4 Å². The first-order chi connectivity index (χ1) is 12.5. The molecule has 2 heterocycles. The zero-order valence-corrected chi connectivity index (χ0v) is 14.4. The molecular weight excluding hydrogens is 344 g/mol. The summed E-state index contributed by atoms with van der Waals surface area (Å²) >= 11 is 0. The van der Waals surface area contributed by atoms with Crippen molar-refractivity contribution in [3.63, 3.8) is 0 Å². The Morgan fingerprint density at radius 1 is 1.27 bits per heavy atom. The van der Waals surface area contributed by atoms with E-state index < -0.39 is 6.61 Å². The monoisotopic (exact) mass is 367 g/mol. The van der Waals surface area contributed by atoms with E-state index in [9.17, 15) is 18.4 Å². The maximum absolute atomic E-state index is 12.8. The Bertz CT molecular complexity index is 650. The molecule has 6 nitrogen and oxygen atoms in total. The molecule has 2 saturated heterocycles. The number of piperidine rings is 1. The van der Waals surface area contributed by atoms with Crippen LogP contribution in [0.1, 0.15) is 29.6 Å². The van der Waals surface area contributed by atoms with Gasteiger partial charge in [-0.3, -0.25) is 9.59 Å². The van der Waals surface area contributed by atoms with Crippen LogP contribution < -0.4 is 15.4 Å². The summed E-state index contributed by atoms with van der Waals surface area (Å²) in [6, 6.07) is 6.09. The molecule has 2 N–H and O–H groups in total. The molecule has 26 heavy (non-hydrogen) atoms. The number of benzene rings is 1. The van der Waals surface area contributed by atoms with Crippen LogP contribution in [-0.4, -0.2) is 55.5 Å². The van der Waals surface area contributed by atoms with Crippen LogP contribution in [0.3, 0.4) is 0 Å². The molecule has 8 heteroatoms. The van der Waals surface area contributed by atoms with Crippen molar-refractivity contribution >= 4 is 11.8 Å². The highest BCUT2D eigenvalue weighted by molar-refractivity contribution is 5.97. The third-order valence-corrected chi connectivity index (χ3v) is 4.82. The minimum Gasteiger partial charge on any atom is -0.434 e. The summed E-state index contributed by atoms with van der Waals surface area (Å²) in [5.74, 6) is -0.859. The lowest BCUT2D eigenvalue weighted by Crippen LogP contribution is -2.48. The van der Waals surface area contributed by atoms with Crippen LogP contribution >= 0.6 is 0 Å². The van der Waals surface area contributed by atoms with Crippen LogP contribution in [0.25, 0.3) is 0 Å². The van der Waals surface area contributed by atoms with Crippen LogP contribution in [0.15, 0.2) is 24.3 Å². The molecule has 0 aromatic heterocycles. The highest BCUT2D eigenvalue weighted by Crippen LogP contribution is 2.25. The summed E-state index contributed by atoms with van der Waals surface area (Å²) in [6.07, 6.45) is 2.31. The van der Waals surface area contributed by atoms with E-state index in [1.165, 1.54) is 18.2 Å². The molecule has 2 aliphatic rings. The number of carbonyl (C=O) groups excluding carboxylic acids is 2. The van der Waals surface area contributed by atoms with E-state index in [2.05, 4.69) is 15.4 Å². The van der Waals surface area contributed by atoms with E-state index in [0.717, 1.165) is 19.5 Å². The number of amides is 2. The number of likely N-dealkylation sites (tertiary alicyclic amines) is 1. The molecule has 2 unspecified atom stereocenters. The number of ether oxygens (including phenoxy) is 1. The first-order valence-electron chi connectivity index (χ1n) is 8.89. The molecule has 2 aliphatic heterocycles. The highest BCUT2D eigenvalue weighted by atomic mass is 19.3. The predicted molar refractivity (Wildman–Crippen MR) is 91.1 cm³/mol. The molecule has 0 bridgehead atoms. The van der Waals surface area contributed by atoms with E-state index >= 15 is 0 Å². The van der Waals surface area contributed by atoms with Crippen molar-refractivity contribution < 1.29 is 23.1 Å². The van der Waals surface area contributed by atoms with E-state index in [1.807, 2.05) is 0 Å². The second-order valence-corrected chi connectivity index (χ2v) is 6.66. The third-order valence-electron chi connectivity index (χ3n) is 4.82. The van der Waals surface area contributed by atoms with Crippen molar-refractivity contribution in [1.82, 2.24) is 15.5 Å². The summed E-state index contributed by atoms with van der Waals surface area (Å²) < 4.78 is 29.6. The van der Waals surface area contributed by atoms with Crippen LogP contribution in [0.4, 0.5) is 8.78 Å². The lowest BCUT2D eigenvalue weighted by Gasteiger charge is -2.33. The lowest BCUT2D eigenvalue weighted by molar-refractivity contribution is -0.126. The minimum absolute atomic E-state index is 0.0479. The molecule has 1 aromatic carbocycles. The number of rotatable bonds is 5. The van der Waals surface area contributed by atoms with Crippen molar-refractivity contribution in [2.24, 2.45) is 5.92 Å². The molecule has 2 amide bonds. The summed E-state index contributed by atoms with van der Waals surface area (Å²) in [6.45, 7) is -0.561. The van der Waals surface area contributed by atoms with Crippen LogP contribution in [0.5, 0.6) is 5.75 Å². The number of para-hydroxylation sites is 1. The number of carbonyl (C=O) groups is 2. The molecular formula is C18H23F2N3O3. The zero-order valence-electron chi connectivity index (χ0n) is 14.4. The van der Waals surface area contributed by atoms with Crippen molar-refractivity contribution in [1.29, 1.82) is 0 Å². The predicted octanol–water partition coefficient (Wildman–Crippen LogP) is 1.62. The quantitative estimate of drug-likeness (QED) is 0.830. The molecule has 3 rings (SSSR count). The second-order valence-electron chi connectivity index (χ2n) is 6.66. The van der Waals surface area contributed by atoms with E-state index in [4.69, 9.17) is 0 Å². The number of hydrogen-bond donors (Lipinski definition) is 2. The largest absolute Gasteiger partial charge is 0.434 e. The molecule has 1 aromatic rings. The van der Waals surface area contributed by atoms with Gasteiger partial charge >= 0.3 is 6.61 Å². The fourth-order valence-corrected chi connectivity index (χ4v) is 3.48. The molecule has 142 valence electrons. The Balaban J connectivity index is 1.65. The fourth-order valence-electron chi connectivity index (χ4n) is 3.48. The van der Waals surface area contributed by atoms with Crippen molar-refractivity contribution in [2.75, 3.05) is 26.2 Å². The standard InChI is InChI=1S/C18H23F2N3O3/c19-18(20)26-15-6-2-1-5-14(15)17(25)23-9-3-4-12(11-23)16(24)22-13-7-8-21-10-13/h1-2,5-6,12-13,18,21H,3-4,7-11H2,(H,22,24). The minimum atomic E-state index is -3.00. The zero-order chi connectivity index (χ0) is 18.5. The maximum atomic E-state index is 12.8. The highest BCUT2D eigenvalue weighted by Gasteiger charge is 2.31. The van der Waals surface area contributed by atoms with Gasteiger partial charge in [0.2, 0.25) is 5.91 Å². The van der Waals surface area contributed by atoms with Gasteiger partial charge in [-0.15, -0.1) is 0 Å². The van der Waals surface area contributed by atoms with Crippen LogP contribution in [0.2, 0.25) is 0 Å². The number of nitrogens with zero attached hydrogens (tertiary/aromatic N) is 1. The molecule has 0 radical (unpaired) electrons. The summed E-state index contributed by atoms with van der Waals surface area (Å²) in [4.78, 5) is 26.8. The van der Waals surface area contributed by atoms with E-state index in [-0.39, 0.29) is 41.6 Å². The van der Waals surface area contributed by atoms with Gasteiger partial charge in [0.25, 0.3) is 5.91 Å². The topological polar surface area (TPSA) is 70.7 Å². The molecule has 2 atom stereocenters. The fraction of sp³-hybridized carbons (Fsp3) is 0.556. The first-order valence-corrected chi connectivity index (χ1v) is 8.89. The Hall–Kier alpha value is -2.22. The first kappa shape index (κ1) is 18.6. The van der Waals surface area contributed by atoms with Gasteiger partial charge in [-0.25, -0.2) is 0 Å². The van der Waals surface area contributed by atoms with E-state index in [1.54, 1.807) is 11.0 Å². The van der Waals surface area contributed by atoms with Gasteiger partial charge < -0.3 is 20.3 Å². The van der Waals surface area contributed by atoms with Crippen molar-refractivity contribution in [3.8, 4) is 5.75 Å². The average molecular weight is 367 g/mol. The Morgan fingerprint density at radius 2 is 2.08 bits per heavy atom. The van der Waals surface area contributed by atoms with Gasteiger partial charge in [0.1, 0.15) is 5.75 Å². The molecule has 0 aliphatic carbocycles. The maximum Gasteiger partial charge on any atom is 0.387 e. The average Bonchev–Trinajstić information content (AvgIpc) is 3.14. The van der Waals surface area contributed by atoms with Gasteiger partial charge in [-0.1, -0.05) is 12.1 Å². The Morgan fingerprint density at radius 3 is 2.81 bits per heavy atom. The van der Waals surface area contributed by atoms with Crippen molar-refractivity contribution in [3.05, 3.63) is 29.8 Å². The van der Waals surface area contributed by atoms with Gasteiger partial charge in [-0.2, -0.15) is 8.78 Å². The number of alkyl halides is 2. The Labute approximate surface area is 150 Å². The lowest BCUT2D eigenvalue weighted by atomic mass is 9.96. The number of hydrogen-bond acceptors (Lipinski definition) is 4. The van der Waals surface area contributed by atoms with Gasteiger partial charge in [0.15, 0.2) is 0 Å². The van der Waals surface area contributed by atoms with Gasteiger partial charge in [0, 0.05) is 25.7 Å². The van der Waals surface area contributed by atoms with Gasteiger partial charge in [-0.05, 0) is 37.9 Å². The normalized spacial score (nSPS) is 23.1. The summed E-state index contributed by atoms with van der Waals surface area (Å²) in [5, 5.41) is 6.22. The smallest absolute Gasteiger partial charge is 0.387 e. The molecule has 0 saturated carbocycles. The SMILES string of the molecule is O=C(NC1CCNC1)C1CCCN(C(=O)c2ccccc2OC(F)F)C1.